The molecule has 0 spiro atoms. The second kappa shape index (κ2) is 9.71. The summed E-state index contributed by atoms with van der Waals surface area (Å²) >= 11 is 0. The van der Waals surface area contributed by atoms with Crippen molar-refractivity contribution in [1.29, 1.82) is 0 Å². The first-order chi connectivity index (χ1) is 17.3. The van der Waals surface area contributed by atoms with Crippen molar-refractivity contribution in [1.82, 2.24) is 24.6 Å². The standard InChI is InChI=1S/C26H29N5O5/c1-16(18-6-8-20(9-7-18)31-11-3-10-27-31)28-25(35)23(33)24(34)26(36)29-13-17-12-19(15-29)21-4-2-5-22(32)30(21)14-17/h2-11,16-17,19,23-24,33-34H,12-15H2,1H3,(H,28,35)/t16-,17+,19-,23-,24-/m1/s1. The van der Waals surface area contributed by atoms with Crippen LogP contribution >= 0.6 is 0 Å². The zero-order valence-corrected chi connectivity index (χ0v) is 19.9. The average molecular weight is 492 g/mol. The van der Waals surface area contributed by atoms with Gasteiger partial charge in [0.2, 0.25) is 0 Å². The van der Waals surface area contributed by atoms with E-state index < -0.39 is 30.1 Å². The lowest BCUT2D eigenvalue weighted by Gasteiger charge is -2.43. The third kappa shape index (κ3) is 4.57. The van der Waals surface area contributed by atoms with E-state index in [1.165, 1.54) is 11.0 Å². The number of pyridine rings is 1. The van der Waals surface area contributed by atoms with Crippen molar-refractivity contribution in [2.45, 2.75) is 44.1 Å². The van der Waals surface area contributed by atoms with E-state index in [9.17, 15) is 24.6 Å². The molecule has 2 aromatic heterocycles. The largest absolute Gasteiger partial charge is 0.380 e. The van der Waals surface area contributed by atoms with Crippen LogP contribution < -0.4 is 10.9 Å². The molecule has 1 saturated heterocycles. The van der Waals surface area contributed by atoms with Gasteiger partial charge in [-0.05, 0) is 49.1 Å². The Morgan fingerprint density at radius 3 is 2.53 bits per heavy atom. The Hall–Kier alpha value is -3.76. The van der Waals surface area contributed by atoms with Crippen LogP contribution in [0.3, 0.4) is 0 Å². The van der Waals surface area contributed by atoms with Gasteiger partial charge in [-0.25, -0.2) is 4.68 Å². The quantitative estimate of drug-likeness (QED) is 0.463. The van der Waals surface area contributed by atoms with Gasteiger partial charge in [-0.15, -0.1) is 0 Å². The second-order valence-corrected chi connectivity index (χ2v) is 9.60. The summed E-state index contributed by atoms with van der Waals surface area (Å²) in [7, 11) is 0. The molecule has 3 aromatic rings. The number of amides is 2. The number of piperidine rings is 1. The summed E-state index contributed by atoms with van der Waals surface area (Å²) in [6.45, 7) is 2.95. The second-order valence-electron chi connectivity index (χ2n) is 9.60. The molecule has 188 valence electrons. The van der Waals surface area contributed by atoms with Crippen molar-refractivity contribution in [3.63, 3.8) is 0 Å². The minimum Gasteiger partial charge on any atom is -0.380 e. The Bertz CT molecular complexity index is 1300. The van der Waals surface area contributed by atoms with E-state index in [-0.39, 0.29) is 17.4 Å². The van der Waals surface area contributed by atoms with Crippen molar-refractivity contribution >= 4 is 11.8 Å². The summed E-state index contributed by atoms with van der Waals surface area (Å²) in [6.07, 6.45) is 0.573. The molecular formula is C26H29N5O5. The number of hydrogen-bond donors (Lipinski definition) is 3. The molecule has 0 unspecified atom stereocenters. The number of carbonyl (C=O) groups excluding carboxylic acids is 2. The van der Waals surface area contributed by atoms with Crippen molar-refractivity contribution in [3.05, 3.63) is 82.5 Å². The van der Waals surface area contributed by atoms with Crippen molar-refractivity contribution in [2.75, 3.05) is 13.1 Å². The molecule has 5 rings (SSSR count). The molecule has 4 heterocycles. The molecule has 10 heteroatoms. The first-order valence-corrected chi connectivity index (χ1v) is 12.1. The summed E-state index contributed by atoms with van der Waals surface area (Å²) in [5.74, 6) is -1.47. The number of fused-ring (bicyclic) bond motifs is 4. The Morgan fingerprint density at radius 2 is 1.81 bits per heavy atom. The number of hydrogen-bond acceptors (Lipinski definition) is 6. The zero-order chi connectivity index (χ0) is 25.4. The number of carbonyl (C=O) groups is 2. The van der Waals surface area contributed by atoms with Gasteiger partial charge in [-0.1, -0.05) is 18.2 Å². The van der Waals surface area contributed by atoms with Crippen LogP contribution in [0.1, 0.15) is 36.6 Å². The molecule has 2 aliphatic rings. The Morgan fingerprint density at radius 1 is 1.03 bits per heavy atom. The molecule has 10 nitrogen and oxygen atoms in total. The predicted molar refractivity (Wildman–Crippen MR) is 130 cm³/mol. The number of nitrogens with one attached hydrogen (secondary N) is 1. The third-order valence-electron chi connectivity index (χ3n) is 7.13. The number of aliphatic hydroxyl groups is 2. The maximum atomic E-state index is 13.0. The Labute approximate surface area is 207 Å². The van der Waals surface area contributed by atoms with Crippen LogP contribution in [0.2, 0.25) is 0 Å². The molecule has 5 atom stereocenters. The third-order valence-corrected chi connectivity index (χ3v) is 7.13. The highest BCUT2D eigenvalue weighted by atomic mass is 16.3. The first kappa shape index (κ1) is 24.0. The predicted octanol–water partition coefficient (Wildman–Crippen LogP) is 0.579. The van der Waals surface area contributed by atoms with Crippen LogP contribution in [0.25, 0.3) is 5.69 Å². The maximum absolute atomic E-state index is 13.0. The van der Waals surface area contributed by atoms with Gasteiger partial charge >= 0.3 is 0 Å². The van der Waals surface area contributed by atoms with Gasteiger partial charge in [-0.3, -0.25) is 14.4 Å². The number of likely N-dealkylation sites (tertiary alicyclic amines) is 1. The van der Waals surface area contributed by atoms with Gasteiger partial charge in [0.25, 0.3) is 17.4 Å². The fraction of sp³-hybridized carbons (Fsp3) is 0.385. The van der Waals surface area contributed by atoms with Crippen LogP contribution in [0.15, 0.2) is 65.7 Å². The zero-order valence-electron chi connectivity index (χ0n) is 19.9. The fourth-order valence-electron chi connectivity index (χ4n) is 5.26. The fourth-order valence-corrected chi connectivity index (χ4v) is 5.26. The summed E-state index contributed by atoms with van der Waals surface area (Å²) in [6, 6.07) is 13.9. The lowest BCUT2D eigenvalue weighted by Crippen LogP contribution is -2.55. The Balaban J connectivity index is 1.20. The summed E-state index contributed by atoms with van der Waals surface area (Å²) in [5.41, 5.74) is 2.47. The molecule has 1 fully saturated rings. The van der Waals surface area contributed by atoms with E-state index in [0.717, 1.165) is 23.4 Å². The average Bonchev–Trinajstić information content (AvgIpc) is 3.43. The van der Waals surface area contributed by atoms with Crippen LogP contribution in [0.5, 0.6) is 0 Å². The number of rotatable bonds is 6. The number of nitrogens with zero attached hydrogens (tertiary/aromatic N) is 4. The molecule has 2 bridgehead atoms. The number of benzene rings is 1. The van der Waals surface area contributed by atoms with E-state index >= 15 is 0 Å². The van der Waals surface area contributed by atoms with Crippen molar-refractivity contribution in [2.24, 2.45) is 5.92 Å². The van der Waals surface area contributed by atoms with Crippen molar-refractivity contribution in [3.8, 4) is 5.69 Å². The smallest absolute Gasteiger partial charge is 0.254 e. The van der Waals surface area contributed by atoms with Gasteiger partial charge in [-0.2, -0.15) is 5.10 Å². The molecule has 36 heavy (non-hydrogen) atoms. The van der Waals surface area contributed by atoms with E-state index in [4.69, 9.17) is 0 Å². The molecule has 2 aliphatic heterocycles. The first-order valence-electron chi connectivity index (χ1n) is 12.1. The van der Waals surface area contributed by atoms with E-state index in [0.29, 0.717) is 19.6 Å². The highest BCUT2D eigenvalue weighted by molar-refractivity contribution is 5.91. The summed E-state index contributed by atoms with van der Waals surface area (Å²) in [5, 5.41) is 27.9. The van der Waals surface area contributed by atoms with Crippen LogP contribution in [-0.2, 0) is 16.1 Å². The van der Waals surface area contributed by atoms with Gasteiger partial charge in [0.05, 0.1) is 11.7 Å². The van der Waals surface area contributed by atoms with Gasteiger partial charge < -0.3 is 25.0 Å². The minimum absolute atomic E-state index is 0.0294. The van der Waals surface area contributed by atoms with Gasteiger partial charge in [0, 0.05) is 49.7 Å². The maximum Gasteiger partial charge on any atom is 0.254 e. The van der Waals surface area contributed by atoms with Gasteiger partial charge in [0.15, 0.2) is 12.2 Å². The van der Waals surface area contributed by atoms with Crippen LogP contribution in [-0.4, -0.2) is 66.6 Å². The highest BCUT2D eigenvalue weighted by Gasteiger charge is 2.40. The molecule has 1 aromatic carbocycles. The van der Waals surface area contributed by atoms with E-state index in [2.05, 4.69) is 10.4 Å². The van der Waals surface area contributed by atoms with E-state index in [1.54, 1.807) is 28.4 Å². The lowest BCUT2D eigenvalue weighted by atomic mass is 9.83. The SMILES string of the molecule is C[C@@H](NC(=O)[C@H](O)[C@@H](O)C(=O)N1C[C@@H]2C[C@H](C1)c1cccc(=O)n1C2)c1ccc(-n2cccn2)cc1. The normalized spacial score (nSPS) is 21.2. The monoisotopic (exact) mass is 491 g/mol. The summed E-state index contributed by atoms with van der Waals surface area (Å²) in [4.78, 5) is 39.4. The molecule has 0 radical (unpaired) electrons. The van der Waals surface area contributed by atoms with Crippen LogP contribution in [0.4, 0.5) is 0 Å². The van der Waals surface area contributed by atoms with Crippen LogP contribution in [0, 0.1) is 5.92 Å². The van der Waals surface area contributed by atoms with Crippen molar-refractivity contribution < 1.29 is 19.8 Å². The highest BCUT2D eigenvalue weighted by Crippen LogP contribution is 2.35. The van der Waals surface area contributed by atoms with E-state index in [1.807, 2.05) is 42.6 Å². The number of aromatic nitrogens is 3. The topological polar surface area (TPSA) is 130 Å². The lowest BCUT2D eigenvalue weighted by molar-refractivity contribution is -0.155. The molecule has 2 amide bonds. The molecular weight excluding hydrogens is 462 g/mol. The molecule has 0 saturated carbocycles. The number of aliphatic hydroxyl groups excluding tert-OH is 2. The Kier molecular flexibility index (Phi) is 6.46. The molecule has 0 aliphatic carbocycles. The molecule has 3 N–H and O–H groups in total. The minimum atomic E-state index is -1.90. The van der Waals surface area contributed by atoms with Gasteiger partial charge in [0.1, 0.15) is 0 Å². The summed E-state index contributed by atoms with van der Waals surface area (Å²) < 4.78 is 3.47.